The molecule has 0 atom stereocenters. The Hall–Kier alpha value is -1.10. The minimum Gasteiger partial charge on any atom is -0.272 e. The minimum absolute atomic E-state index is 1.21. The van der Waals surface area contributed by atoms with Gasteiger partial charge in [0.25, 0.3) is 0 Å². The Labute approximate surface area is 59.2 Å². The summed E-state index contributed by atoms with van der Waals surface area (Å²) < 4.78 is 26.6. The van der Waals surface area contributed by atoms with Crippen LogP contribution in [0.15, 0.2) is 28.8 Å². The van der Waals surface area contributed by atoms with E-state index in [-0.39, 0.29) is 0 Å². The van der Waals surface area contributed by atoms with E-state index in [0.29, 0.717) is 0 Å². The number of hydrogen-bond acceptors (Lipinski definition) is 2. The van der Waals surface area contributed by atoms with Gasteiger partial charge in [0.15, 0.2) is 0 Å². The van der Waals surface area contributed by atoms with Crippen molar-refractivity contribution in [1.29, 1.82) is 0 Å². The molecule has 0 saturated carbocycles. The molecule has 4 nitrogen and oxygen atoms in total. The summed E-state index contributed by atoms with van der Waals surface area (Å²) in [7, 11) is -3.46. The smallest absolute Gasteiger partial charge is 0.272 e. The lowest BCUT2D eigenvalue weighted by Crippen LogP contribution is -2.14. The fraction of sp³-hybridized carbons (Fsp3) is 0. The van der Waals surface area contributed by atoms with E-state index in [1.54, 1.807) is 12.2 Å². The zero-order valence-corrected chi connectivity index (χ0v) is 5.88. The van der Waals surface area contributed by atoms with E-state index in [9.17, 15) is 8.42 Å². The lowest BCUT2D eigenvalue weighted by Gasteiger charge is -1.95. The van der Waals surface area contributed by atoms with E-state index >= 15 is 0 Å². The van der Waals surface area contributed by atoms with Gasteiger partial charge in [-0.2, -0.15) is 12.8 Å². The molecule has 10 heavy (non-hydrogen) atoms. The van der Waals surface area contributed by atoms with Crippen molar-refractivity contribution in [2.45, 2.75) is 0 Å². The molecule has 0 fully saturated rings. The molecular weight excluding hydrogens is 152 g/mol. The molecular formula is C5H6N2O2S. The molecule has 1 N–H and O–H groups in total. The average molecular weight is 158 g/mol. The standard InChI is InChI=1S/C5H6N2O2S/c8-10(9)6-4-2-1-3-5-7-10/h1-6H/b3-1-,4-2-,7-5-. The Kier molecular flexibility index (Phi) is 1.86. The second kappa shape index (κ2) is 2.66. The Balaban J connectivity index is 2.96. The number of hydrogen-bond donors (Lipinski definition) is 1. The third-order valence-corrected chi connectivity index (χ3v) is 1.65. The van der Waals surface area contributed by atoms with Crippen molar-refractivity contribution in [3.8, 4) is 0 Å². The summed E-state index contributed by atoms with van der Waals surface area (Å²) in [5, 5.41) is 0. The van der Waals surface area contributed by atoms with E-state index < -0.39 is 10.2 Å². The van der Waals surface area contributed by atoms with E-state index in [4.69, 9.17) is 0 Å². The number of rotatable bonds is 0. The largest absolute Gasteiger partial charge is 0.341 e. The Morgan fingerprint density at radius 1 is 1.20 bits per heavy atom. The highest BCUT2D eigenvalue weighted by Crippen LogP contribution is 1.88. The van der Waals surface area contributed by atoms with Crippen LogP contribution in [0.4, 0.5) is 0 Å². The monoisotopic (exact) mass is 158 g/mol. The third kappa shape index (κ3) is 2.02. The predicted octanol–water partition coefficient (Wildman–Crippen LogP) is -0.0249. The summed E-state index contributed by atoms with van der Waals surface area (Å²) in [6.45, 7) is 0. The van der Waals surface area contributed by atoms with Crippen LogP contribution in [0.5, 0.6) is 0 Å². The van der Waals surface area contributed by atoms with Gasteiger partial charge in [-0.3, -0.25) is 4.72 Å². The van der Waals surface area contributed by atoms with E-state index in [0.717, 1.165) is 0 Å². The van der Waals surface area contributed by atoms with Crippen LogP contribution in [0, 0.1) is 0 Å². The van der Waals surface area contributed by atoms with E-state index in [2.05, 4.69) is 9.12 Å². The first-order valence-corrected chi connectivity index (χ1v) is 4.04. The van der Waals surface area contributed by atoms with Crippen LogP contribution in [0.2, 0.25) is 0 Å². The number of nitrogens with one attached hydrogen (secondary N) is 1. The molecule has 1 rings (SSSR count). The van der Waals surface area contributed by atoms with Gasteiger partial charge < -0.3 is 0 Å². The first-order chi connectivity index (χ1) is 4.71. The number of nitrogens with zero attached hydrogens (tertiary/aromatic N) is 1. The molecule has 0 amide bonds. The summed E-state index contributed by atoms with van der Waals surface area (Å²) in [5.41, 5.74) is 0. The normalized spacial score (nSPS) is 30.8. The summed E-state index contributed by atoms with van der Waals surface area (Å²) >= 11 is 0. The lowest BCUT2D eigenvalue weighted by atomic mass is 10.5. The van der Waals surface area contributed by atoms with Gasteiger partial charge in [0.2, 0.25) is 0 Å². The molecule has 0 aromatic heterocycles. The molecule has 54 valence electrons. The summed E-state index contributed by atoms with van der Waals surface area (Å²) in [6.07, 6.45) is 7.30. The van der Waals surface area contributed by atoms with E-state index in [1.807, 2.05) is 0 Å². The summed E-state index contributed by atoms with van der Waals surface area (Å²) in [6, 6.07) is 0. The first-order valence-electron chi connectivity index (χ1n) is 2.60. The van der Waals surface area contributed by atoms with Crippen molar-refractivity contribution >= 4 is 16.4 Å². The highest BCUT2D eigenvalue weighted by atomic mass is 32.2. The van der Waals surface area contributed by atoms with E-state index in [1.165, 1.54) is 18.5 Å². The second-order valence-electron chi connectivity index (χ2n) is 1.59. The Morgan fingerprint density at radius 2 is 2.00 bits per heavy atom. The van der Waals surface area contributed by atoms with Crippen molar-refractivity contribution in [2.24, 2.45) is 4.40 Å². The molecule has 1 aliphatic rings. The highest BCUT2D eigenvalue weighted by molar-refractivity contribution is 7.88. The van der Waals surface area contributed by atoms with Crippen molar-refractivity contribution in [3.05, 3.63) is 24.4 Å². The molecule has 0 aromatic carbocycles. The molecule has 0 spiro atoms. The quantitative estimate of drug-likeness (QED) is 0.538. The minimum atomic E-state index is -3.46. The van der Waals surface area contributed by atoms with Gasteiger partial charge in [-0.1, -0.05) is 6.08 Å². The molecule has 0 aliphatic carbocycles. The van der Waals surface area contributed by atoms with Gasteiger partial charge in [-0.15, -0.1) is 0 Å². The van der Waals surface area contributed by atoms with Gasteiger partial charge in [-0.25, -0.2) is 0 Å². The van der Waals surface area contributed by atoms with Crippen LogP contribution in [0.3, 0.4) is 0 Å². The zero-order valence-electron chi connectivity index (χ0n) is 5.06. The van der Waals surface area contributed by atoms with Crippen molar-refractivity contribution < 1.29 is 8.42 Å². The zero-order chi connectivity index (χ0) is 7.45. The first kappa shape index (κ1) is 7.01. The van der Waals surface area contributed by atoms with Crippen LogP contribution in [0.1, 0.15) is 0 Å². The third-order valence-electron chi connectivity index (χ3n) is 0.821. The Bertz CT molecular complexity index is 287. The van der Waals surface area contributed by atoms with Crippen LogP contribution in [0.25, 0.3) is 0 Å². The lowest BCUT2D eigenvalue weighted by molar-refractivity contribution is 0.593. The Morgan fingerprint density at radius 3 is 2.80 bits per heavy atom. The number of allylic oxidation sites excluding steroid dienone is 3. The molecule has 0 radical (unpaired) electrons. The topological polar surface area (TPSA) is 58.5 Å². The van der Waals surface area contributed by atoms with Gasteiger partial charge in [0.1, 0.15) is 0 Å². The highest BCUT2D eigenvalue weighted by Gasteiger charge is 2.00. The van der Waals surface area contributed by atoms with Gasteiger partial charge in [0, 0.05) is 12.4 Å². The van der Waals surface area contributed by atoms with Crippen LogP contribution in [-0.2, 0) is 10.2 Å². The average Bonchev–Trinajstić information content (AvgIpc) is 1.81. The molecule has 0 unspecified atom stereocenters. The summed E-state index contributed by atoms with van der Waals surface area (Å²) in [5.74, 6) is 0. The van der Waals surface area contributed by atoms with Gasteiger partial charge in [-0.05, 0) is 12.2 Å². The van der Waals surface area contributed by atoms with Crippen molar-refractivity contribution in [3.63, 3.8) is 0 Å². The maximum Gasteiger partial charge on any atom is 0.341 e. The van der Waals surface area contributed by atoms with Crippen molar-refractivity contribution in [2.75, 3.05) is 0 Å². The fourth-order valence-electron chi connectivity index (χ4n) is 0.440. The molecule has 5 heteroatoms. The van der Waals surface area contributed by atoms with Crippen LogP contribution in [-0.4, -0.2) is 14.6 Å². The van der Waals surface area contributed by atoms with Gasteiger partial charge in [0.05, 0.1) is 0 Å². The van der Waals surface area contributed by atoms with Crippen LogP contribution >= 0.6 is 0 Å². The predicted molar refractivity (Wildman–Crippen MR) is 38.8 cm³/mol. The maximum atomic E-state index is 10.6. The molecule has 0 bridgehead atoms. The SMILES string of the molecule is O=S1(=O)\N=C/C=C\C=C/N1. The molecule has 0 aromatic rings. The van der Waals surface area contributed by atoms with Gasteiger partial charge >= 0.3 is 10.2 Å². The fourth-order valence-corrected chi connectivity index (χ4v) is 0.982. The summed E-state index contributed by atoms with van der Waals surface area (Å²) in [4.78, 5) is 0. The van der Waals surface area contributed by atoms with Crippen molar-refractivity contribution in [1.82, 2.24) is 4.72 Å². The molecule has 1 heterocycles. The maximum absolute atomic E-state index is 10.6. The molecule has 1 aliphatic heterocycles. The van der Waals surface area contributed by atoms with Crippen LogP contribution < -0.4 is 4.72 Å². The molecule has 0 saturated heterocycles. The second-order valence-corrected chi connectivity index (χ2v) is 2.99.